The highest BCUT2D eigenvalue weighted by Crippen LogP contribution is 2.30. The van der Waals surface area contributed by atoms with Crippen molar-refractivity contribution in [3.05, 3.63) is 46.2 Å². The Hall–Kier alpha value is -1.26. The summed E-state index contributed by atoms with van der Waals surface area (Å²) in [5.74, 6) is -1.29. The Labute approximate surface area is 96.0 Å². The van der Waals surface area contributed by atoms with Gasteiger partial charge in [0.05, 0.1) is 11.7 Å². The van der Waals surface area contributed by atoms with Crippen LogP contribution in [0.3, 0.4) is 0 Å². The van der Waals surface area contributed by atoms with Gasteiger partial charge in [0.2, 0.25) is 0 Å². The van der Waals surface area contributed by atoms with Gasteiger partial charge in [-0.15, -0.1) is 0 Å². The van der Waals surface area contributed by atoms with E-state index in [0.717, 1.165) is 0 Å². The number of benzene rings is 1. The van der Waals surface area contributed by atoms with Gasteiger partial charge >= 0.3 is 0 Å². The smallest absolute Gasteiger partial charge is 0.134 e. The number of aliphatic hydroxyl groups excluding tert-OH is 1. The molecule has 0 aliphatic carbocycles. The molecule has 0 saturated carbocycles. The third-order valence-corrected chi connectivity index (χ3v) is 3.04. The van der Waals surface area contributed by atoms with E-state index >= 15 is 0 Å². The van der Waals surface area contributed by atoms with E-state index < -0.39 is 17.7 Å². The highest BCUT2D eigenvalue weighted by molar-refractivity contribution is 7.08. The molecule has 1 aromatic carbocycles. The van der Waals surface area contributed by atoms with Crippen molar-refractivity contribution in [1.29, 1.82) is 0 Å². The molecule has 1 heterocycles. The van der Waals surface area contributed by atoms with Gasteiger partial charge in [-0.1, -0.05) is 0 Å². The summed E-state index contributed by atoms with van der Waals surface area (Å²) in [4.78, 5) is 0. The normalized spacial score (nSPS) is 12.8. The van der Waals surface area contributed by atoms with Crippen molar-refractivity contribution in [3.63, 3.8) is 0 Å². The van der Waals surface area contributed by atoms with Gasteiger partial charge in [-0.2, -0.15) is 11.3 Å². The van der Waals surface area contributed by atoms with Crippen molar-refractivity contribution in [1.82, 2.24) is 0 Å². The zero-order valence-electron chi connectivity index (χ0n) is 8.58. The zero-order valence-corrected chi connectivity index (χ0v) is 9.39. The van der Waals surface area contributed by atoms with Crippen LogP contribution in [0.15, 0.2) is 29.0 Å². The first kappa shape index (κ1) is 11.2. The van der Waals surface area contributed by atoms with Crippen LogP contribution in [0, 0.1) is 11.6 Å². The SMILES string of the molecule is C[C@H](O)c1cc(F)c(-c2ccsc2)c(F)c1. The molecule has 2 aromatic rings. The summed E-state index contributed by atoms with van der Waals surface area (Å²) in [6.45, 7) is 1.47. The van der Waals surface area contributed by atoms with Crippen LogP contribution in [-0.4, -0.2) is 5.11 Å². The molecule has 2 rings (SSSR count). The third kappa shape index (κ3) is 1.99. The minimum absolute atomic E-state index is 0.0364. The van der Waals surface area contributed by atoms with E-state index in [4.69, 9.17) is 0 Å². The number of rotatable bonds is 2. The summed E-state index contributed by atoms with van der Waals surface area (Å²) < 4.78 is 27.4. The lowest BCUT2D eigenvalue weighted by atomic mass is 10.0. The maximum absolute atomic E-state index is 13.7. The van der Waals surface area contributed by atoms with Crippen LogP contribution >= 0.6 is 11.3 Å². The largest absolute Gasteiger partial charge is 0.389 e. The second-order valence-electron chi connectivity index (χ2n) is 3.55. The van der Waals surface area contributed by atoms with E-state index in [0.29, 0.717) is 5.56 Å². The molecule has 0 bridgehead atoms. The first-order valence-corrected chi connectivity index (χ1v) is 5.73. The summed E-state index contributed by atoms with van der Waals surface area (Å²) >= 11 is 1.38. The lowest BCUT2D eigenvalue weighted by Gasteiger charge is -2.08. The summed E-state index contributed by atoms with van der Waals surface area (Å²) in [5.41, 5.74) is 0.733. The molecule has 0 radical (unpaired) electrons. The summed E-state index contributed by atoms with van der Waals surface area (Å²) in [7, 11) is 0. The van der Waals surface area contributed by atoms with Gasteiger partial charge < -0.3 is 5.11 Å². The standard InChI is InChI=1S/C12H10F2OS/c1-7(15)9-4-10(13)12(11(14)5-9)8-2-3-16-6-8/h2-7,15H,1H3/t7-/m0/s1. The Bertz CT molecular complexity index is 469. The Balaban J connectivity index is 2.56. The topological polar surface area (TPSA) is 20.2 Å². The summed E-state index contributed by atoms with van der Waals surface area (Å²) in [6, 6.07) is 4.00. The number of aliphatic hydroxyl groups is 1. The minimum Gasteiger partial charge on any atom is -0.389 e. The van der Waals surface area contributed by atoms with Crippen LogP contribution in [0.5, 0.6) is 0 Å². The second kappa shape index (κ2) is 4.31. The average Bonchev–Trinajstić information content (AvgIpc) is 2.69. The summed E-state index contributed by atoms with van der Waals surface area (Å²) in [6.07, 6.45) is -0.875. The van der Waals surface area contributed by atoms with E-state index in [1.165, 1.54) is 30.4 Å². The molecular weight excluding hydrogens is 230 g/mol. The van der Waals surface area contributed by atoms with Gasteiger partial charge in [0.25, 0.3) is 0 Å². The Morgan fingerprint density at radius 3 is 2.31 bits per heavy atom. The number of hydrogen-bond acceptors (Lipinski definition) is 2. The molecule has 1 N–H and O–H groups in total. The molecule has 0 amide bonds. The van der Waals surface area contributed by atoms with Gasteiger partial charge in [0.15, 0.2) is 0 Å². The van der Waals surface area contributed by atoms with Crippen LogP contribution in [0.25, 0.3) is 11.1 Å². The number of halogens is 2. The van der Waals surface area contributed by atoms with Crippen LogP contribution < -0.4 is 0 Å². The van der Waals surface area contributed by atoms with Crippen LogP contribution in [0.2, 0.25) is 0 Å². The maximum atomic E-state index is 13.7. The minimum atomic E-state index is -0.875. The molecule has 0 saturated heterocycles. The van der Waals surface area contributed by atoms with Gasteiger partial charge in [-0.05, 0) is 47.0 Å². The van der Waals surface area contributed by atoms with Crippen molar-refractivity contribution in [2.45, 2.75) is 13.0 Å². The van der Waals surface area contributed by atoms with Crippen molar-refractivity contribution in [2.75, 3.05) is 0 Å². The molecule has 1 atom stereocenters. The molecule has 0 unspecified atom stereocenters. The fourth-order valence-electron chi connectivity index (χ4n) is 1.52. The summed E-state index contributed by atoms with van der Waals surface area (Å²) in [5, 5.41) is 12.7. The third-order valence-electron chi connectivity index (χ3n) is 2.36. The molecule has 4 heteroatoms. The highest BCUT2D eigenvalue weighted by atomic mass is 32.1. The first-order valence-electron chi connectivity index (χ1n) is 4.79. The van der Waals surface area contributed by atoms with Crippen LogP contribution in [0.1, 0.15) is 18.6 Å². The van der Waals surface area contributed by atoms with Crippen molar-refractivity contribution in [3.8, 4) is 11.1 Å². The van der Waals surface area contributed by atoms with Crippen LogP contribution in [0.4, 0.5) is 8.78 Å². The van der Waals surface area contributed by atoms with Crippen molar-refractivity contribution < 1.29 is 13.9 Å². The van der Waals surface area contributed by atoms with E-state index in [-0.39, 0.29) is 11.1 Å². The average molecular weight is 240 g/mol. The van der Waals surface area contributed by atoms with E-state index in [1.54, 1.807) is 16.8 Å². The van der Waals surface area contributed by atoms with Crippen molar-refractivity contribution >= 4 is 11.3 Å². The molecule has 84 valence electrons. The lowest BCUT2D eigenvalue weighted by molar-refractivity contribution is 0.198. The maximum Gasteiger partial charge on any atom is 0.134 e. The Morgan fingerprint density at radius 1 is 1.25 bits per heavy atom. The number of thiophene rings is 1. The van der Waals surface area contributed by atoms with Crippen molar-refractivity contribution in [2.24, 2.45) is 0 Å². The second-order valence-corrected chi connectivity index (χ2v) is 4.33. The van der Waals surface area contributed by atoms with Gasteiger partial charge in [-0.25, -0.2) is 8.78 Å². The molecule has 0 aliphatic rings. The first-order chi connectivity index (χ1) is 7.59. The Kier molecular flexibility index (Phi) is 3.03. The molecular formula is C12H10F2OS. The lowest BCUT2D eigenvalue weighted by Crippen LogP contribution is -1.97. The molecule has 1 nitrogen and oxygen atoms in total. The molecule has 0 aliphatic heterocycles. The quantitative estimate of drug-likeness (QED) is 0.847. The van der Waals surface area contributed by atoms with E-state index in [1.807, 2.05) is 0 Å². The predicted molar refractivity (Wildman–Crippen MR) is 60.3 cm³/mol. The van der Waals surface area contributed by atoms with Gasteiger partial charge in [-0.3, -0.25) is 0 Å². The van der Waals surface area contributed by atoms with Crippen LogP contribution in [-0.2, 0) is 0 Å². The molecule has 16 heavy (non-hydrogen) atoms. The number of hydrogen-bond donors (Lipinski definition) is 1. The molecule has 1 aromatic heterocycles. The predicted octanol–water partition coefficient (Wildman–Crippen LogP) is 3.75. The fraction of sp³-hybridized carbons (Fsp3) is 0.167. The fourth-order valence-corrected chi connectivity index (χ4v) is 2.16. The van der Waals surface area contributed by atoms with Gasteiger partial charge in [0.1, 0.15) is 11.6 Å². The monoisotopic (exact) mass is 240 g/mol. The van der Waals surface area contributed by atoms with Gasteiger partial charge in [0, 0.05) is 0 Å². The van der Waals surface area contributed by atoms with E-state index in [2.05, 4.69) is 0 Å². The highest BCUT2D eigenvalue weighted by Gasteiger charge is 2.15. The molecule has 0 spiro atoms. The molecule has 0 fully saturated rings. The van der Waals surface area contributed by atoms with E-state index in [9.17, 15) is 13.9 Å². The Morgan fingerprint density at radius 2 is 1.88 bits per heavy atom. The zero-order chi connectivity index (χ0) is 11.7.